The van der Waals surface area contributed by atoms with Gasteiger partial charge in [0.25, 0.3) is 0 Å². The van der Waals surface area contributed by atoms with E-state index in [-0.39, 0.29) is 5.75 Å². The van der Waals surface area contributed by atoms with E-state index in [0.717, 1.165) is 25.7 Å². The summed E-state index contributed by atoms with van der Waals surface area (Å²) in [5.74, 6) is 3.78. The molecule has 0 radical (unpaired) electrons. The molecule has 31 heavy (non-hydrogen) atoms. The smallest absolute Gasteiger partial charge is 0.327 e. The molecule has 1 saturated carbocycles. The van der Waals surface area contributed by atoms with Crippen LogP contribution in [0.5, 0.6) is 0 Å². The van der Waals surface area contributed by atoms with Crippen LogP contribution in [0.25, 0.3) is 0 Å². The first-order valence-electron chi connectivity index (χ1n) is 10.7. The second kappa shape index (κ2) is 13.4. The van der Waals surface area contributed by atoms with Crippen LogP contribution in [0, 0.1) is 5.41 Å². The Morgan fingerprint density at radius 2 is 1.58 bits per heavy atom. The predicted octanol–water partition coefficient (Wildman–Crippen LogP) is 3.48. The van der Waals surface area contributed by atoms with Gasteiger partial charge in [-0.2, -0.15) is 11.8 Å². The molecule has 1 unspecified atom stereocenters. The van der Waals surface area contributed by atoms with Crippen LogP contribution in [0.2, 0.25) is 0 Å². The molecule has 0 aromatic rings. The van der Waals surface area contributed by atoms with E-state index in [9.17, 15) is 19.5 Å². The zero-order valence-electron chi connectivity index (χ0n) is 19.1. The lowest BCUT2D eigenvalue weighted by atomic mass is 10.1. The number of nitrogens with one attached hydrogen (secondary N) is 2. The van der Waals surface area contributed by atoms with Crippen molar-refractivity contribution in [3.8, 4) is 0 Å². The molecule has 1 aliphatic carbocycles. The number of nitrogens with two attached hydrogens (primary N) is 1. The Morgan fingerprint density at radius 3 is 2.10 bits per heavy atom. The molecule has 0 bridgehead atoms. The maximum Gasteiger partial charge on any atom is 0.327 e. The molecule has 1 rings (SSSR count). The number of carboxylic acid groups (broad SMARTS) is 1. The number of carboxylic acids is 1. The largest absolute Gasteiger partial charge is 0.480 e. The summed E-state index contributed by atoms with van der Waals surface area (Å²) in [6.07, 6.45) is 11.5. The van der Waals surface area contributed by atoms with Gasteiger partial charge in [0.1, 0.15) is 11.5 Å². The number of carbonyl (C=O) groups excluding carboxylic acids is 2. The van der Waals surface area contributed by atoms with Gasteiger partial charge >= 0.3 is 5.97 Å². The number of amides is 2. The van der Waals surface area contributed by atoms with Crippen molar-refractivity contribution < 1.29 is 19.5 Å². The first kappa shape index (κ1) is 27.0. The molecule has 5 N–H and O–H groups in total. The second-order valence-electron chi connectivity index (χ2n) is 8.42. The van der Waals surface area contributed by atoms with E-state index in [1.807, 2.05) is 5.43 Å². The Balaban J connectivity index is 2.38. The average Bonchev–Trinajstić information content (AvgIpc) is 3.51. The van der Waals surface area contributed by atoms with Gasteiger partial charge in [-0.05, 0) is 66.2 Å². The van der Waals surface area contributed by atoms with E-state index in [1.54, 1.807) is 0 Å². The number of hydrazine groups is 1. The first-order valence-corrected chi connectivity index (χ1v) is 11.8. The molecule has 1 atom stereocenters. The molecule has 0 saturated heterocycles. The molecule has 0 aromatic carbocycles. The van der Waals surface area contributed by atoms with Gasteiger partial charge in [-0.15, -0.1) is 0 Å². The number of carbonyl (C=O) groups is 3. The normalized spacial score (nSPS) is 16.3. The van der Waals surface area contributed by atoms with Crippen molar-refractivity contribution in [3.63, 3.8) is 0 Å². The number of rotatable bonds is 14. The minimum Gasteiger partial charge on any atom is -0.480 e. The topological polar surface area (TPSA) is 122 Å². The van der Waals surface area contributed by atoms with Crippen LogP contribution < -0.4 is 16.6 Å². The third kappa shape index (κ3) is 9.74. The molecule has 0 aromatic heterocycles. The molecule has 2 amide bonds. The summed E-state index contributed by atoms with van der Waals surface area (Å²) in [6.45, 7) is 8.46. The summed E-state index contributed by atoms with van der Waals surface area (Å²) in [6, 6.07) is -1.04. The van der Waals surface area contributed by atoms with Gasteiger partial charge in [0, 0.05) is 11.5 Å². The van der Waals surface area contributed by atoms with Crippen LogP contribution in [0.15, 0.2) is 34.9 Å². The van der Waals surface area contributed by atoms with Crippen molar-refractivity contribution in [1.29, 1.82) is 0 Å². The highest BCUT2D eigenvalue weighted by Gasteiger charge is 2.56. The van der Waals surface area contributed by atoms with Gasteiger partial charge in [-0.1, -0.05) is 34.9 Å². The zero-order valence-corrected chi connectivity index (χ0v) is 19.9. The maximum absolute atomic E-state index is 12.3. The molecule has 174 valence electrons. The Hall–Kier alpha value is -2.06. The van der Waals surface area contributed by atoms with Crippen LogP contribution in [0.1, 0.15) is 66.2 Å². The fraction of sp³-hybridized carbons (Fsp3) is 0.609. The molecular weight excluding hydrogens is 414 g/mol. The predicted molar refractivity (Wildman–Crippen MR) is 126 cm³/mol. The van der Waals surface area contributed by atoms with Crippen molar-refractivity contribution in [1.82, 2.24) is 10.7 Å². The fourth-order valence-electron chi connectivity index (χ4n) is 3.02. The summed E-state index contributed by atoms with van der Waals surface area (Å²) in [5.41, 5.74) is 4.79. The lowest BCUT2D eigenvalue weighted by molar-refractivity contribution is -0.144. The number of thioether (sulfide) groups is 1. The summed E-state index contributed by atoms with van der Waals surface area (Å²) in [7, 11) is 0. The monoisotopic (exact) mass is 451 g/mol. The summed E-state index contributed by atoms with van der Waals surface area (Å²) < 4.78 is 0. The van der Waals surface area contributed by atoms with E-state index in [2.05, 4.69) is 51.2 Å². The Bertz CT molecular complexity index is 735. The quantitative estimate of drug-likeness (QED) is 0.0801. The molecular formula is C23H37N3O4S. The van der Waals surface area contributed by atoms with Gasteiger partial charge in [0.15, 0.2) is 0 Å². The Morgan fingerprint density at radius 1 is 1.00 bits per heavy atom. The molecule has 0 spiro atoms. The van der Waals surface area contributed by atoms with Gasteiger partial charge in [-0.3, -0.25) is 15.0 Å². The number of hydrogen-bond donors (Lipinski definition) is 4. The van der Waals surface area contributed by atoms with Gasteiger partial charge in [-0.25, -0.2) is 10.6 Å². The third-order valence-corrected chi connectivity index (χ3v) is 6.28. The molecule has 1 fully saturated rings. The average molecular weight is 452 g/mol. The van der Waals surface area contributed by atoms with E-state index in [4.69, 9.17) is 5.84 Å². The van der Waals surface area contributed by atoms with Crippen LogP contribution in [-0.2, 0) is 14.4 Å². The molecule has 1 aliphatic rings. The van der Waals surface area contributed by atoms with Crippen molar-refractivity contribution in [2.45, 2.75) is 72.3 Å². The molecule has 7 nitrogen and oxygen atoms in total. The summed E-state index contributed by atoms with van der Waals surface area (Å²) in [4.78, 5) is 35.6. The van der Waals surface area contributed by atoms with Gasteiger partial charge < -0.3 is 10.4 Å². The second-order valence-corrected chi connectivity index (χ2v) is 9.49. The highest BCUT2D eigenvalue weighted by molar-refractivity contribution is 7.99. The fourth-order valence-corrected chi connectivity index (χ4v) is 4.02. The minimum absolute atomic E-state index is 0.231. The first-order chi connectivity index (χ1) is 14.6. The summed E-state index contributed by atoms with van der Waals surface area (Å²) >= 11 is 1.44. The molecule has 8 heteroatoms. The standard InChI is InChI=1S/C23H37N3O4S/c1-16(2)7-5-8-17(3)9-6-10-18(4)11-14-31-15-19(20(27)28)25-21(29)23(12-13-23)22(30)26-24/h7,9,11,19H,5-6,8,10,12-15,24H2,1-4H3,(H,25,29)(H,26,30)(H,27,28)/b17-9+,18-11+. The minimum atomic E-state index is -1.21. The van der Waals surface area contributed by atoms with Crippen molar-refractivity contribution in [2.75, 3.05) is 11.5 Å². The van der Waals surface area contributed by atoms with E-state index in [0.29, 0.717) is 18.6 Å². The molecule has 0 aliphatic heterocycles. The number of aliphatic carboxylic acids is 1. The van der Waals surface area contributed by atoms with Crippen molar-refractivity contribution in [2.24, 2.45) is 11.3 Å². The van der Waals surface area contributed by atoms with Gasteiger partial charge in [0.2, 0.25) is 11.8 Å². The Kier molecular flexibility index (Phi) is 11.6. The number of hydrogen-bond acceptors (Lipinski definition) is 5. The maximum atomic E-state index is 12.3. The van der Waals surface area contributed by atoms with Crippen LogP contribution in [-0.4, -0.2) is 40.4 Å². The van der Waals surface area contributed by atoms with Crippen LogP contribution >= 0.6 is 11.8 Å². The lowest BCUT2D eigenvalue weighted by Crippen LogP contribution is -2.51. The number of allylic oxidation sites excluding steroid dienone is 5. The molecule has 0 heterocycles. The van der Waals surface area contributed by atoms with Crippen LogP contribution in [0.4, 0.5) is 0 Å². The Labute approximate surface area is 190 Å². The van der Waals surface area contributed by atoms with Crippen molar-refractivity contribution in [3.05, 3.63) is 34.9 Å². The SMILES string of the molecule is CC(C)=CCC/C(C)=C/CC/C(C)=C/CSCC(NC(=O)C1(C(=O)NN)CC1)C(=O)O. The van der Waals surface area contributed by atoms with Crippen molar-refractivity contribution >= 4 is 29.5 Å². The van der Waals surface area contributed by atoms with E-state index in [1.165, 1.54) is 28.5 Å². The third-order valence-electron chi connectivity index (χ3n) is 5.31. The zero-order chi connectivity index (χ0) is 23.4. The summed E-state index contributed by atoms with van der Waals surface area (Å²) in [5, 5.41) is 11.9. The van der Waals surface area contributed by atoms with Gasteiger partial charge in [0.05, 0.1) is 0 Å². The highest BCUT2D eigenvalue weighted by atomic mass is 32.2. The van der Waals surface area contributed by atoms with E-state index >= 15 is 0 Å². The lowest BCUT2D eigenvalue weighted by Gasteiger charge is -2.18. The van der Waals surface area contributed by atoms with Crippen LogP contribution in [0.3, 0.4) is 0 Å². The highest BCUT2D eigenvalue weighted by Crippen LogP contribution is 2.46. The van der Waals surface area contributed by atoms with E-state index < -0.39 is 29.2 Å².